The van der Waals surface area contributed by atoms with Crippen molar-refractivity contribution in [3.8, 4) is 11.3 Å². The fourth-order valence-corrected chi connectivity index (χ4v) is 4.50. The highest BCUT2D eigenvalue weighted by Crippen LogP contribution is 2.25. The second kappa shape index (κ2) is 8.81. The van der Waals surface area contributed by atoms with Crippen LogP contribution < -0.4 is 10.0 Å². The van der Waals surface area contributed by atoms with Gasteiger partial charge in [0, 0.05) is 22.5 Å². The second-order valence-corrected chi connectivity index (χ2v) is 9.03. The summed E-state index contributed by atoms with van der Waals surface area (Å²) in [7, 11) is -3.62. The standard InChI is InChI=1S/C20H20FN3O3S2/c1-3-13(2)24-29(26,27)17-10-6-15(7-11-17)19(25)23-20-22-18(12-28-20)14-4-8-16(21)9-5-14/h4-13,24H,3H2,1-2H3,(H,22,23,25). The van der Waals surface area contributed by atoms with E-state index in [9.17, 15) is 17.6 Å². The molecule has 1 aromatic heterocycles. The molecule has 9 heteroatoms. The van der Waals surface area contributed by atoms with Crippen molar-refractivity contribution in [1.29, 1.82) is 0 Å². The van der Waals surface area contributed by atoms with Crippen molar-refractivity contribution in [3.63, 3.8) is 0 Å². The maximum atomic E-state index is 13.0. The molecule has 152 valence electrons. The first-order valence-electron chi connectivity index (χ1n) is 8.93. The van der Waals surface area contributed by atoms with E-state index in [0.717, 1.165) is 5.56 Å². The van der Waals surface area contributed by atoms with E-state index in [1.54, 1.807) is 24.4 Å². The van der Waals surface area contributed by atoms with Gasteiger partial charge < -0.3 is 0 Å². The average molecular weight is 434 g/mol. The van der Waals surface area contributed by atoms with Gasteiger partial charge in [0.15, 0.2) is 5.13 Å². The average Bonchev–Trinajstić information content (AvgIpc) is 3.16. The molecule has 0 aliphatic heterocycles. The topological polar surface area (TPSA) is 88.2 Å². The first-order chi connectivity index (χ1) is 13.8. The number of aromatic nitrogens is 1. The molecule has 0 aliphatic rings. The van der Waals surface area contributed by atoms with E-state index >= 15 is 0 Å². The summed E-state index contributed by atoms with van der Waals surface area (Å²) in [5.41, 5.74) is 1.68. The summed E-state index contributed by atoms with van der Waals surface area (Å²) in [6.45, 7) is 3.67. The van der Waals surface area contributed by atoms with Gasteiger partial charge in [-0.15, -0.1) is 11.3 Å². The summed E-state index contributed by atoms with van der Waals surface area (Å²) < 4.78 is 40.2. The highest BCUT2D eigenvalue weighted by atomic mass is 32.2. The van der Waals surface area contributed by atoms with Crippen LogP contribution in [0.5, 0.6) is 0 Å². The number of rotatable bonds is 7. The van der Waals surface area contributed by atoms with E-state index in [-0.39, 0.29) is 16.8 Å². The Labute approximate surface area is 172 Å². The minimum atomic E-state index is -3.62. The number of anilines is 1. The molecule has 3 aromatic rings. The number of nitrogens with one attached hydrogen (secondary N) is 2. The quantitative estimate of drug-likeness (QED) is 0.582. The van der Waals surface area contributed by atoms with Crippen molar-refractivity contribution < 1.29 is 17.6 Å². The van der Waals surface area contributed by atoms with Gasteiger partial charge in [0.25, 0.3) is 5.91 Å². The number of amides is 1. The van der Waals surface area contributed by atoms with Crippen molar-refractivity contribution in [1.82, 2.24) is 9.71 Å². The van der Waals surface area contributed by atoms with Crippen LogP contribution in [0.4, 0.5) is 9.52 Å². The van der Waals surface area contributed by atoms with Crippen LogP contribution in [-0.2, 0) is 10.0 Å². The molecule has 0 saturated heterocycles. The Kier molecular flexibility index (Phi) is 6.41. The monoisotopic (exact) mass is 433 g/mol. The number of carbonyl (C=O) groups is 1. The van der Waals surface area contributed by atoms with Crippen molar-refractivity contribution in [2.24, 2.45) is 0 Å². The summed E-state index contributed by atoms with van der Waals surface area (Å²) in [4.78, 5) is 16.9. The van der Waals surface area contributed by atoms with Gasteiger partial charge in [-0.1, -0.05) is 6.92 Å². The van der Waals surface area contributed by atoms with Crippen molar-refractivity contribution in [3.05, 3.63) is 65.3 Å². The van der Waals surface area contributed by atoms with E-state index in [1.165, 1.54) is 47.7 Å². The molecule has 2 N–H and O–H groups in total. The zero-order chi connectivity index (χ0) is 21.0. The number of carbonyl (C=O) groups excluding carboxylic acids is 1. The molecular weight excluding hydrogens is 413 g/mol. The summed E-state index contributed by atoms with van der Waals surface area (Å²) in [6, 6.07) is 11.4. The molecule has 29 heavy (non-hydrogen) atoms. The smallest absolute Gasteiger partial charge is 0.257 e. The summed E-state index contributed by atoms with van der Waals surface area (Å²) >= 11 is 1.25. The van der Waals surface area contributed by atoms with Crippen LogP contribution in [0.1, 0.15) is 30.6 Å². The van der Waals surface area contributed by atoms with Crippen LogP contribution in [-0.4, -0.2) is 25.4 Å². The Morgan fingerprint density at radius 1 is 1.14 bits per heavy atom. The summed E-state index contributed by atoms with van der Waals surface area (Å²) in [5.74, 6) is -0.730. The van der Waals surface area contributed by atoms with Crippen LogP contribution in [0.25, 0.3) is 11.3 Å². The lowest BCUT2D eigenvalue weighted by atomic mass is 10.2. The van der Waals surface area contributed by atoms with Crippen LogP contribution in [0, 0.1) is 5.82 Å². The zero-order valence-corrected chi connectivity index (χ0v) is 17.5. The molecule has 0 radical (unpaired) electrons. The van der Waals surface area contributed by atoms with E-state index in [2.05, 4.69) is 15.0 Å². The van der Waals surface area contributed by atoms with Crippen molar-refractivity contribution in [2.45, 2.75) is 31.2 Å². The first-order valence-corrected chi connectivity index (χ1v) is 11.3. The van der Waals surface area contributed by atoms with E-state index in [1.807, 2.05) is 6.92 Å². The van der Waals surface area contributed by atoms with Gasteiger partial charge in [-0.3, -0.25) is 10.1 Å². The summed E-state index contributed by atoms with van der Waals surface area (Å²) in [6.07, 6.45) is 0.674. The summed E-state index contributed by atoms with van der Waals surface area (Å²) in [5, 5.41) is 4.84. The van der Waals surface area contributed by atoms with Gasteiger partial charge in [-0.25, -0.2) is 22.5 Å². The minimum absolute atomic E-state index is 0.0993. The lowest BCUT2D eigenvalue weighted by molar-refractivity contribution is 0.102. The fraction of sp³-hybridized carbons (Fsp3) is 0.200. The Morgan fingerprint density at radius 3 is 2.41 bits per heavy atom. The third kappa shape index (κ3) is 5.26. The Balaban J connectivity index is 1.69. The molecule has 1 heterocycles. The third-order valence-electron chi connectivity index (χ3n) is 4.26. The molecule has 0 aliphatic carbocycles. The normalized spacial score (nSPS) is 12.5. The van der Waals surface area contributed by atoms with Gasteiger partial charge in [0.05, 0.1) is 10.6 Å². The van der Waals surface area contributed by atoms with Gasteiger partial charge in [0.2, 0.25) is 10.0 Å². The van der Waals surface area contributed by atoms with E-state index < -0.39 is 15.9 Å². The number of thiazole rings is 1. The van der Waals surface area contributed by atoms with E-state index in [0.29, 0.717) is 22.8 Å². The Hall–Kier alpha value is -2.62. The van der Waals surface area contributed by atoms with Gasteiger partial charge in [0.1, 0.15) is 5.82 Å². The molecule has 1 atom stereocenters. The minimum Gasteiger partial charge on any atom is -0.298 e. The molecule has 3 rings (SSSR count). The van der Waals surface area contributed by atoms with Crippen molar-refractivity contribution >= 4 is 32.4 Å². The molecular formula is C20H20FN3O3S2. The molecule has 0 bridgehead atoms. The molecule has 0 fully saturated rings. The molecule has 1 unspecified atom stereocenters. The largest absolute Gasteiger partial charge is 0.298 e. The number of hydrogen-bond donors (Lipinski definition) is 2. The number of nitrogens with zero attached hydrogens (tertiary/aromatic N) is 1. The number of hydrogen-bond acceptors (Lipinski definition) is 5. The molecule has 0 saturated carbocycles. The third-order valence-corrected chi connectivity index (χ3v) is 6.62. The number of halogens is 1. The highest BCUT2D eigenvalue weighted by molar-refractivity contribution is 7.89. The first kappa shape index (κ1) is 21.1. The second-order valence-electron chi connectivity index (χ2n) is 6.45. The predicted molar refractivity (Wildman–Crippen MR) is 112 cm³/mol. The lowest BCUT2D eigenvalue weighted by Crippen LogP contribution is -2.32. The SMILES string of the molecule is CCC(C)NS(=O)(=O)c1ccc(C(=O)Nc2nc(-c3ccc(F)cc3)cs2)cc1. The molecule has 2 aromatic carbocycles. The maximum absolute atomic E-state index is 13.0. The Morgan fingerprint density at radius 2 is 1.79 bits per heavy atom. The number of sulfonamides is 1. The maximum Gasteiger partial charge on any atom is 0.257 e. The van der Waals surface area contributed by atoms with Crippen LogP contribution in [0.2, 0.25) is 0 Å². The van der Waals surface area contributed by atoms with Crippen LogP contribution >= 0.6 is 11.3 Å². The zero-order valence-electron chi connectivity index (χ0n) is 15.8. The lowest BCUT2D eigenvalue weighted by Gasteiger charge is -2.12. The van der Waals surface area contributed by atoms with Gasteiger partial charge in [-0.2, -0.15) is 0 Å². The molecule has 6 nitrogen and oxygen atoms in total. The highest BCUT2D eigenvalue weighted by Gasteiger charge is 2.17. The van der Waals surface area contributed by atoms with Crippen LogP contribution in [0.15, 0.2) is 58.8 Å². The number of benzene rings is 2. The van der Waals surface area contributed by atoms with Gasteiger partial charge >= 0.3 is 0 Å². The fourth-order valence-electron chi connectivity index (χ4n) is 2.46. The van der Waals surface area contributed by atoms with Crippen LogP contribution in [0.3, 0.4) is 0 Å². The van der Waals surface area contributed by atoms with Crippen molar-refractivity contribution in [2.75, 3.05) is 5.32 Å². The predicted octanol–water partition coefficient (Wildman–Crippen LogP) is 4.28. The Bertz CT molecular complexity index is 1090. The molecule has 1 amide bonds. The van der Waals surface area contributed by atoms with Gasteiger partial charge in [-0.05, 0) is 61.9 Å². The molecule has 0 spiro atoms. The van der Waals surface area contributed by atoms with E-state index in [4.69, 9.17) is 0 Å².